The van der Waals surface area contributed by atoms with Crippen LogP contribution in [-0.2, 0) is 11.3 Å². The predicted octanol–water partition coefficient (Wildman–Crippen LogP) is 3.78. The van der Waals surface area contributed by atoms with Crippen molar-refractivity contribution in [2.45, 2.75) is 46.6 Å². The first-order chi connectivity index (χ1) is 14.8. The molecule has 0 spiro atoms. The summed E-state index contributed by atoms with van der Waals surface area (Å²) in [5, 5.41) is 5.78. The van der Waals surface area contributed by atoms with Crippen molar-refractivity contribution in [3.8, 4) is 0 Å². The number of anilines is 2. The van der Waals surface area contributed by atoms with Crippen molar-refractivity contribution in [2.75, 3.05) is 36.9 Å². The predicted molar refractivity (Wildman–Crippen MR) is 124 cm³/mol. The number of carbonyl (C=O) groups excluding carboxylic acids is 2. The third-order valence-electron chi connectivity index (χ3n) is 5.60. The van der Waals surface area contributed by atoms with Crippen LogP contribution in [0.2, 0.25) is 0 Å². The van der Waals surface area contributed by atoms with Crippen LogP contribution < -0.4 is 15.5 Å². The Morgan fingerprint density at radius 1 is 1.06 bits per heavy atom. The minimum atomic E-state index is -0.299. The zero-order valence-corrected chi connectivity index (χ0v) is 19.0. The number of nitrogens with one attached hydrogen (secondary N) is 2. The maximum atomic E-state index is 12.4. The van der Waals surface area contributed by atoms with Crippen LogP contribution in [0, 0.1) is 20.8 Å². The number of hydrogen-bond donors (Lipinski definition) is 2. The van der Waals surface area contributed by atoms with Gasteiger partial charge in [-0.3, -0.25) is 4.79 Å². The number of hydrogen-bond acceptors (Lipinski definition) is 4. The second-order valence-corrected chi connectivity index (χ2v) is 8.41. The molecule has 3 amide bonds. The summed E-state index contributed by atoms with van der Waals surface area (Å²) in [4.78, 5) is 33.1. The highest BCUT2D eigenvalue weighted by molar-refractivity contribution is 5.95. The van der Waals surface area contributed by atoms with Crippen molar-refractivity contribution in [3.63, 3.8) is 0 Å². The van der Waals surface area contributed by atoms with E-state index >= 15 is 0 Å². The summed E-state index contributed by atoms with van der Waals surface area (Å²) in [5.74, 6) is 0.769. The van der Waals surface area contributed by atoms with Crippen LogP contribution in [0.15, 0.2) is 30.5 Å². The summed E-state index contributed by atoms with van der Waals surface area (Å²) in [5.41, 5.74) is 4.92. The molecule has 2 aromatic rings. The third kappa shape index (κ3) is 6.20. The molecule has 1 aliphatic rings. The first-order valence-electron chi connectivity index (χ1n) is 10.9. The molecule has 1 fully saturated rings. The molecule has 1 saturated heterocycles. The van der Waals surface area contributed by atoms with E-state index in [4.69, 9.17) is 0 Å². The average molecular weight is 424 g/mol. The molecule has 3 rings (SSSR count). The van der Waals surface area contributed by atoms with Crippen LogP contribution in [0.3, 0.4) is 0 Å². The standard InChI is InChI=1S/C24H33N5O2/c1-17-12-18(2)23(19(3)13-17)27-22(30)16-28(4)24(31)26-15-20-8-9-21(25-14-20)29-10-6-5-7-11-29/h8-9,12-14H,5-7,10-11,15-16H2,1-4H3,(H,26,31)(H,27,30). The van der Waals surface area contributed by atoms with E-state index < -0.39 is 0 Å². The van der Waals surface area contributed by atoms with Crippen LogP contribution in [-0.4, -0.2) is 48.5 Å². The molecule has 0 bridgehead atoms. The van der Waals surface area contributed by atoms with E-state index in [0.29, 0.717) is 6.54 Å². The Balaban J connectivity index is 1.47. The summed E-state index contributed by atoms with van der Waals surface area (Å²) >= 11 is 0. The Morgan fingerprint density at radius 3 is 2.35 bits per heavy atom. The highest BCUT2D eigenvalue weighted by atomic mass is 16.2. The molecular formula is C24H33N5O2. The van der Waals surface area contributed by atoms with Crippen molar-refractivity contribution in [1.29, 1.82) is 0 Å². The molecule has 166 valence electrons. The Hall–Kier alpha value is -3.09. The number of amides is 3. The summed E-state index contributed by atoms with van der Waals surface area (Å²) in [7, 11) is 1.61. The lowest BCUT2D eigenvalue weighted by Gasteiger charge is -2.27. The van der Waals surface area contributed by atoms with Gasteiger partial charge in [0, 0.05) is 38.6 Å². The summed E-state index contributed by atoms with van der Waals surface area (Å²) in [6.07, 6.45) is 5.52. The first-order valence-corrected chi connectivity index (χ1v) is 10.9. The number of likely N-dealkylation sites (N-methyl/N-ethyl adjacent to an activating group) is 1. The molecule has 0 unspecified atom stereocenters. The SMILES string of the molecule is Cc1cc(C)c(NC(=O)CN(C)C(=O)NCc2ccc(N3CCCCC3)nc2)c(C)c1. The number of nitrogens with zero attached hydrogens (tertiary/aromatic N) is 3. The smallest absolute Gasteiger partial charge is 0.317 e. The van der Waals surface area contributed by atoms with Crippen molar-refractivity contribution in [3.05, 3.63) is 52.7 Å². The highest BCUT2D eigenvalue weighted by Gasteiger charge is 2.15. The quantitative estimate of drug-likeness (QED) is 0.741. The zero-order valence-electron chi connectivity index (χ0n) is 19.0. The van der Waals surface area contributed by atoms with Crippen LogP contribution in [0.1, 0.15) is 41.5 Å². The fourth-order valence-corrected chi connectivity index (χ4v) is 3.99. The normalized spacial score (nSPS) is 13.6. The van der Waals surface area contributed by atoms with Gasteiger partial charge in [0.15, 0.2) is 0 Å². The maximum Gasteiger partial charge on any atom is 0.317 e. The number of pyridine rings is 1. The first kappa shape index (κ1) is 22.6. The molecular weight excluding hydrogens is 390 g/mol. The molecule has 0 aliphatic carbocycles. The van der Waals surface area contributed by atoms with Crippen LogP contribution in [0.5, 0.6) is 0 Å². The van der Waals surface area contributed by atoms with Gasteiger partial charge in [0.05, 0.1) is 0 Å². The number of piperidine rings is 1. The molecule has 2 heterocycles. The van der Waals surface area contributed by atoms with Crippen molar-refractivity contribution in [1.82, 2.24) is 15.2 Å². The van der Waals surface area contributed by atoms with Gasteiger partial charge in [-0.05, 0) is 62.8 Å². The topological polar surface area (TPSA) is 77.6 Å². The maximum absolute atomic E-state index is 12.4. The van der Waals surface area contributed by atoms with E-state index in [1.165, 1.54) is 24.2 Å². The fraction of sp³-hybridized carbons (Fsp3) is 0.458. The van der Waals surface area contributed by atoms with Gasteiger partial charge in [-0.2, -0.15) is 0 Å². The minimum absolute atomic E-state index is 0.0231. The van der Waals surface area contributed by atoms with Gasteiger partial charge < -0.3 is 20.4 Å². The molecule has 7 nitrogen and oxygen atoms in total. The molecule has 2 N–H and O–H groups in total. The molecule has 0 saturated carbocycles. The Labute approximate surface area is 184 Å². The molecule has 31 heavy (non-hydrogen) atoms. The van der Waals surface area contributed by atoms with Crippen molar-refractivity contribution < 1.29 is 9.59 Å². The lowest BCUT2D eigenvalue weighted by Crippen LogP contribution is -2.41. The van der Waals surface area contributed by atoms with Crippen LogP contribution in [0.25, 0.3) is 0 Å². The van der Waals surface area contributed by atoms with Crippen molar-refractivity contribution in [2.24, 2.45) is 0 Å². The van der Waals surface area contributed by atoms with E-state index in [2.05, 4.69) is 20.5 Å². The number of rotatable bonds is 6. The Kier molecular flexibility index (Phi) is 7.50. The zero-order chi connectivity index (χ0) is 22.4. The van der Waals surface area contributed by atoms with E-state index in [9.17, 15) is 9.59 Å². The average Bonchev–Trinajstić information content (AvgIpc) is 2.75. The van der Waals surface area contributed by atoms with E-state index in [1.807, 2.05) is 45.0 Å². The largest absolute Gasteiger partial charge is 0.357 e. The van der Waals surface area contributed by atoms with Gasteiger partial charge in [-0.1, -0.05) is 23.8 Å². The van der Waals surface area contributed by atoms with E-state index in [-0.39, 0.29) is 18.5 Å². The number of carbonyl (C=O) groups is 2. The molecule has 1 aromatic carbocycles. The number of benzene rings is 1. The van der Waals surface area contributed by atoms with Crippen molar-refractivity contribution >= 4 is 23.4 Å². The summed E-state index contributed by atoms with van der Waals surface area (Å²) in [6.45, 7) is 8.42. The lowest BCUT2D eigenvalue weighted by atomic mass is 10.1. The van der Waals surface area contributed by atoms with Gasteiger partial charge in [-0.15, -0.1) is 0 Å². The van der Waals surface area contributed by atoms with Gasteiger partial charge in [0.25, 0.3) is 0 Å². The Morgan fingerprint density at radius 2 is 1.74 bits per heavy atom. The Bertz CT molecular complexity index is 897. The monoisotopic (exact) mass is 423 g/mol. The van der Waals surface area contributed by atoms with Crippen LogP contribution in [0.4, 0.5) is 16.3 Å². The number of aromatic nitrogens is 1. The molecule has 7 heteroatoms. The fourth-order valence-electron chi connectivity index (χ4n) is 3.99. The van der Waals surface area contributed by atoms with E-state index in [1.54, 1.807) is 13.2 Å². The second kappa shape index (κ2) is 10.3. The highest BCUT2D eigenvalue weighted by Crippen LogP contribution is 2.22. The molecule has 0 atom stereocenters. The van der Waals surface area contributed by atoms with Gasteiger partial charge in [0.2, 0.25) is 5.91 Å². The molecule has 0 radical (unpaired) electrons. The minimum Gasteiger partial charge on any atom is -0.357 e. The number of urea groups is 1. The summed E-state index contributed by atoms with van der Waals surface area (Å²) < 4.78 is 0. The van der Waals surface area contributed by atoms with E-state index in [0.717, 1.165) is 46.8 Å². The van der Waals surface area contributed by atoms with Gasteiger partial charge in [-0.25, -0.2) is 9.78 Å². The molecule has 1 aromatic heterocycles. The van der Waals surface area contributed by atoms with Gasteiger partial charge in [0.1, 0.15) is 12.4 Å². The lowest BCUT2D eigenvalue weighted by molar-refractivity contribution is -0.116. The van der Waals surface area contributed by atoms with Crippen LogP contribution >= 0.6 is 0 Å². The third-order valence-corrected chi connectivity index (χ3v) is 5.60. The molecule has 1 aliphatic heterocycles. The summed E-state index contributed by atoms with van der Waals surface area (Å²) in [6, 6.07) is 7.77. The van der Waals surface area contributed by atoms with Gasteiger partial charge >= 0.3 is 6.03 Å². The second-order valence-electron chi connectivity index (χ2n) is 8.41. The number of aryl methyl sites for hydroxylation is 3.